The molecule has 0 saturated carbocycles. The minimum Gasteiger partial charge on any atom is -0.385 e. The molecule has 16 heavy (non-hydrogen) atoms. The van der Waals surface area contributed by atoms with Crippen LogP contribution in [0.25, 0.3) is 0 Å². The van der Waals surface area contributed by atoms with Gasteiger partial charge in [-0.15, -0.1) is 0 Å². The number of sulfone groups is 1. The summed E-state index contributed by atoms with van der Waals surface area (Å²) in [4.78, 5) is 0.355. The number of benzene rings is 1. The number of hydrogen-bond donors (Lipinski definition) is 1. The van der Waals surface area contributed by atoms with Crippen molar-refractivity contribution < 1.29 is 8.42 Å². The molecule has 1 aromatic carbocycles. The van der Waals surface area contributed by atoms with Gasteiger partial charge in [0.25, 0.3) is 0 Å². The van der Waals surface area contributed by atoms with Crippen LogP contribution in [0, 0.1) is 5.41 Å². The highest BCUT2D eigenvalue weighted by molar-refractivity contribution is 7.90. The Bertz CT molecular complexity index is 441. The average molecular weight is 241 g/mol. The molecule has 1 rings (SSSR count). The highest BCUT2D eigenvalue weighted by Gasteiger charge is 2.10. The van der Waals surface area contributed by atoms with Crippen molar-refractivity contribution in [2.45, 2.75) is 25.7 Å². The van der Waals surface area contributed by atoms with E-state index >= 15 is 0 Å². The molecule has 4 heteroatoms. The van der Waals surface area contributed by atoms with Gasteiger partial charge in [-0.25, -0.2) is 8.42 Å². The summed E-state index contributed by atoms with van der Waals surface area (Å²) in [6, 6.07) is 6.84. The van der Waals surface area contributed by atoms with Gasteiger partial charge >= 0.3 is 0 Å². The van der Waals surface area contributed by atoms with Gasteiger partial charge in [-0.2, -0.15) is 0 Å². The summed E-state index contributed by atoms with van der Waals surface area (Å²) < 4.78 is 22.5. The van der Waals surface area contributed by atoms with Gasteiger partial charge in [0, 0.05) is 18.5 Å². The number of anilines is 1. The van der Waals surface area contributed by atoms with E-state index < -0.39 is 9.84 Å². The van der Waals surface area contributed by atoms with E-state index in [9.17, 15) is 8.42 Å². The van der Waals surface area contributed by atoms with Gasteiger partial charge in [-0.05, 0) is 29.7 Å². The molecule has 0 bridgehead atoms. The molecule has 0 radical (unpaired) electrons. The third-order valence-electron chi connectivity index (χ3n) is 2.11. The summed E-state index contributed by atoms with van der Waals surface area (Å²) in [6.45, 7) is 7.28. The van der Waals surface area contributed by atoms with Crippen molar-refractivity contribution in [3.8, 4) is 0 Å². The summed E-state index contributed by atoms with van der Waals surface area (Å²) in [5.74, 6) is 0. The van der Waals surface area contributed by atoms with Crippen molar-refractivity contribution in [2.75, 3.05) is 18.1 Å². The van der Waals surface area contributed by atoms with Crippen LogP contribution in [0.15, 0.2) is 29.2 Å². The fourth-order valence-corrected chi connectivity index (χ4v) is 1.82. The van der Waals surface area contributed by atoms with E-state index in [-0.39, 0.29) is 5.41 Å². The van der Waals surface area contributed by atoms with Crippen molar-refractivity contribution in [1.29, 1.82) is 0 Å². The molecule has 1 N–H and O–H groups in total. The molecule has 0 aliphatic carbocycles. The van der Waals surface area contributed by atoms with Gasteiger partial charge in [0.05, 0.1) is 4.90 Å². The highest BCUT2D eigenvalue weighted by atomic mass is 32.2. The first-order valence-corrected chi connectivity index (χ1v) is 7.12. The summed E-state index contributed by atoms with van der Waals surface area (Å²) in [7, 11) is -3.09. The summed E-state index contributed by atoms with van der Waals surface area (Å²) in [6.07, 6.45) is 1.21. The monoisotopic (exact) mass is 241 g/mol. The van der Waals surface area contributed by atoms with Gasteiger partial charge in [0.15, 0.2) is 9.84 Å². The molecule has 0 amide bonds. The highest BCUT2D eigenvalue weighted by Crippen LogP contribution is 2.17. The van der Waals surface area contributed by atoms with Crippen molar-refractivity contribution in [3.63, 3.8) is 0 Å². The van der Waals surface area contributed by atoms with Crippen LogP contribution in [0.1, 0.15) is 20.8 Å². The Morgan fingerprint density at radius 1 is 1.12 bits per heavy atom. The minimum absolute atomic E-state index is 0.204. The maximum absolute atomic E-state index is 11.2. The largest absolute Gasteiger partial charge is 0.385 e. The van der Waals surface area contributed by atoms with Crippen LogP contribution in [-0.4, -0.2) is 21.2 Å². The standard InChI is InChI=1S/C12H19NO2S/c1-12(2,3)9-13-10-5-7-11(8-6-10)16(4,14)15/h5-8,13H,9H2,1-4H3. The van der Waals surface area contributed by atoms with Crippen LogP contribution in [0.3, 0.4) is 0 Å². The first-order chi connectivity index (χ1) is 7.18. The number of hydrogen-bond acceptors (Lipinski definition) is 3. The third kappa shape index (κ3) is 4.23. The van der Waals surface area contributed by atoms with E-state index in [0.717, 1.165) is 12.2 Å². The molecule has 0 atom stereocenters. The normalized spacial score (nSPS) is 12.5. The zero-order chi connectivity index (χ0) is 12.4. The van der Waals surface area contributed by atoms with Gasteiger partial charge < -0.3 is 5.32 Å². The molecule has 1 aromatic rings. The minimum atomic E-state index is -3.09. The SMILES string of the molecule is CC(C)(C)CNc1ccc(S(C)(=O)=O)cc1. The predicted octanol–water partition coefficient (Wildman–Crippen LogP) is 2.55. The molecule has 0 aromatic heterocycles. The van der Waals surface area contributed by atoms with Crippen LogP contribution in [0.4, 0.5) is 5.69 Å². The number of nitrogens with one attached hydrogen (secondary N) is 1. The van der Waals surface area contributed by atoms with E-state index in [1.165, 1.54) is 6.26 Å². The van der Waals surface area contributed by atoms with Crippen LogP contribution >= 0.6 is 0 Å². The molecule has 90 valence electrons. The second kappa shape index (κ2) is 4.45. The Morgan fingerprint density at radius 2 is 1.62 bits per heavy atom. The van der Waals surface area contributed by atoms with Crippen molar-refractivity contribution in [2.24, 2.45) is 5.41 Å². The molecule has 0 unspecified atom stereocenters. The van der Waals surface area contributed by atoms with Crippen LogP contribution in [0.2, 0.25) is 0 Å². The van der Waals surface area contributed by atoms with E-state index in [2.05, 4.69) is 26.1 Å². The molecular formula is C12H19NO2S. The number of rotatable bonds is 3. The quantitative estimate of drug-likeness (QED) is 0.884. The molecule has 0 aliphatic heterocycles. The van der Waals surface area contributed by atoms with E-state index in [4.69, 9.17) is 0 Å². The van der Waals surface area contributed by atoms with Crippen LogP contribution in [-0.2, 0) is 9.84 Å². The molecule has 0 spiro atoms. The van der Waals surface area contributed by atoms with Crippen LogP contribution < -0.4 is 5.32 Å². The molecule has 0 fully saturated rings. The van der Waals surface area contributed by atoms with Crippen molar-refractivity contribution in [3.05, 3.63) is 24.3 Å². The van der Waals surface area contributed by atoms with E-state index in [0.29, 0.717) is 4.90 Å². The van der Waals surface area contributed by atoms with Crippen molar-refractivity contribution in [1.82, 2.24) is 0 Å². The zero-order valence-electron chi connectivity index (χ0n) is 10.2. The molecule has 3 nitrogen and oxygen atoms in total. The molecular weight excluding hydrogens is 222 g/mol. The van der Waals surface area contributed by atoms with E-state index in [1.54, 1.807) is 24.3 Å². The fourth-order valence-electron chi connectivity index (χ4n) is 1.19. The van der Waals surface area contributed by atoms with Gasteiger partial charge in [-0.3, -0.25) is 0 Å². The Balaban J connectivity index is 2.73. The summed E-state index contributed by atoms with van der Waals surface area (Å²) >= 11 is 0. The summed E-state index contributed by atoms with van der Waals surface area (Å²) in [5, 5.41) is 3.27. The molecule has 0 aliphatic rings. The fraction of sp³-hybridized carbons (Fsp3) is 0.500. The Labute approximate surface area is 97.8 Å². The topological polar surface area (TPSA) is 46.2 Å². The zero-order valence-corrected chi connectivity index (χ0v) is 11.1. The second-order valence-corrected chi connectivity index (χ2v) is 7.23. The maximum Gasteiger partial charge on any atom is 0.175 e. The van der Waals surface area contributed by atoms with Gasteiger partial charge in [-0.1, -0.05) is 20.8 Å². The Hall–Kier alpha value is -1.03. The predicted molar refractivity (Wildman–Crippen MR) is 67.5 cm³/mol. The average Bonchev–Trinajstić information content (AvgIpc) is 2.13. The maximum atomic E-state index is 11.2. The van der Waals surface area contributed by atoms with E-state index in [1.807, 2.05) is 0 Å². The van der Waals surface area contributed by atoms with Crippen molar-refractivity contribution >= 4 is 15.5 Å². The lowest BCUT2D eigenvalue weighted by atomic mass is 9.97. The summed E-state index contributed by atoms with van der Waals surface area (Å²) in [5.41, 5.74) is 1.15. The lowest BCUT2D eigenvalue weighted by Gasteiger charge is -2.19. The first kappa shape index (κ1) is 13.0. The Kier molecular flexibility index (Phi) is 3.63. The smallest absolute Gasteiger partial charge is 0.175 e. The Morgan fingerprint density at radius 3 is 2.00 bits per heavy atom. The van der Waals surface area contributed by atoms with Gasteiger partial charge in [0.1, 0.15) is 0 Å². The van der Waals surface area contributed by atoms with Crippen LogP contribution in [0.5, 0.6) is 0 Å². The lowest BCUT2D eigenvalue weighted by molar-refractivity contribution is 0.443. The molecule has 0 saturated heterocycles. The lowest BCUT2D eigenvalue weighted by Crippen LogP contribution is -2.18. The third-order valence-corrected chi connectivity index (χ3v) is 3.23. The molecule has 0 heterocycles. The van der Waals surface area contributed by atoms with Gasteiger partial charge in [0.2, 0.25) is 0 Å². The second-order valence-electron chi connectivity index (χ2n) is 5.21. The first-order valence-electron chi connectivity index (χ1n) is 5.22.